The van der Waals surface area contributed by atoms with Gasteiger partial charge in [-0.1, -0.05) is 146 Å². The van der Waals surface area contributed by atoms with Gasteiger partial charge in [0.25, 0.3) is 6.47 Å². The van der Waals surface area contributed by atoms with Crippen LogP contribution in [0.1, 0.15) is 94.7 Å². The van der Waals surface area contributed by atoms with Crippen LogP contribution in [-0.4, -0.2) is 46.8 Å². The Morgan fingerprint density at radius 2 is 0.963 bits per heavy atom. The van der Waals surface area contributed by atoms with Gasteiger partial charge in [0, 0.05) is 32.9 Å². The monoisotopic (exact) mass is 1200 g/mol. The topological polar surface area (TPSA) is 223 Å². The van der Waals surface area contributed by atoms with Crippen molar-refractivity contribution in [2.75, 3.05) is 16.8 Å². The fraction of sp³-hybridized carbons (Fsp3) is 0.254. The summed E-state index contributed by atoms with van der Waals surface area (Å²) in [5, 5.41) is 20.4. The third-order valence-electron chi connectivity index (χ3n) is 8.83. The summed E-state index contributed by atoms with van der Waals surface area (Å²) in [5.74, 6) is -0.0982. The van der Waals surface area contributed by atoms with Crippen LogP contribution in [0, 0.1) is 7.65 Å². The van der Waals surface area contributed by atoms with Gasteiger partial charge in [-0.25, -0.2) is 14.4 Å². The van der Waals surface area contributed by atoms with E-state index in [1.54, 1.807) is 89.0 Å². The smallest absolute Gasteiger partial charge is 0.504 e. The first-order chi connectivity index (χ1) is 37.1. The van der Waals surface area contributed by atoms with E-state index in [-0.39, 0.29) is 25.4 Å². The summed E-state index contributed by atoms with van der Waals surface area (Å²) in [7, 11) is 6.55. The molecular weight excluding hydrogens is 1130 g/mol. The van der Waals surface area contributed by atoms with Crippen molar-refractivity contribution >= 4 is 131 Å². The number of azo groups is 1. The molecule has 21 heteroatoms. The number of benzene rings is 5. The Kier molecular flexibility index (Phi) is 29.1. The summed E-state index contributed by atoms with van der Waals surface area (Å²) >= 11 is 10.2. The summed E-state index contributed by atoms with van der Waals surface area (Å²) in [5.41, 5.74) is 17.3. The first-order valence-electron chi connectivity index (χ1n) is 24.0. The van der Waals surface area contributed by atoms with Crippen LogP contribution in [-0.2, 0) is 23.7 Å². The van der Waals surface area contributed by atoms with Crippen molar-refractivity contribution < 1.29 is 48.0 Å². The third kappa shape index (κ3) is 29.0. The molecule has 80 heavy (non-hydrogen) atoms. The van der Waals surface area contributed by atoms with Gasteiger partial charge in [0.2, 0.25) is 0 Å². The molecule has 0 saturated heterocycles. The van der Waals surface area contributed by atoms with Gasteiger partial charge in [-0.3, -0.25) is 10.1 Å². The molecule has 0 unspecified atom stereocenters. The number of hydrogen-bond acceptors (Lipinski definition) is 20. The number of nitrogens with zero attached hydrogens (tertiary/aromatic N) is 2. The Bertz CT molecular complexity index is 3210. The SMILES string of the molecule is C.C/C=C/c1ccc(N)cc1.C/C=C/c1ccc(NC(=O)OC(C)(C)C)cc1.CC(C)(C)OC(=O)OC(=O)OC(C)(C)C.Nc1ccc(-c2cc(=S)ss2)cc1.O=COc1cc(N=Nc2ccc(-c3cc(=S)ss3)cc2)ccc1O. The molecule has 5 aromatic carbocycles. The van der Waals surface area contributed by atoms with Crippen LogP contribution in [0.25, 0.3) is 33.0 Å². The number of phenolic OH excluding ortho intramolecular Hbond substituents is 1. The lowest BCUT2D eigenvalue weighted by atomic mass is 10.2. The van der Waals surface area contributed by atoms with E-state index in [9.17, 15) is 24.3 Å². The Morgan fingerprint density at radius 3 is 1.36 bits per heavy atom. The third-order valence-corrected chi connectivity index (χ3v) is 14.6. The molecule has 0 fully saturated rings. The molecule has 0 atom stereocenters. The van der Waals surface area contributed by atoms with E-state index in [4.69, 9.17) is 50.1 Å². The highest BCUT2D eigenvalue weighted by atomic mass is 32.9. The summed E-state index contributed by atoms with van der Waals surface area (Å²) in [6.07, 6.45) is 5.46. The zero-order chi connectivity index (χ0) is 58.8. The molecule has 0 saturated carbocycles. The number of amides is 1. The van der Waals surface area contributed by atoms with Gasteiger partial charge in [-0.2, -0.15) is 10.2 Å². The molecule has 0 aliphatic heterocycles. The number of nitrogen functional groups attached to an aromatic ring is 2. The minimum atomic E-state index is -1.06. The highest BCUT2D eigenvalue weighted by Crippen LogP contribution is 2.33. The zero-order valence-electron chi connectivity index (χ0n) is 45.6. The molecule has 2 aromatic heterocycles. The number of phenols is 1. The van der Waals surface area contributed by atoms with Crippen LogP contribution in [0.15, 0.2) is 150 Å². The van der Waals surface area contributed by atoms with E-state index in [1.165, 1.54) is 28.1 Å². The average molecular weight is 1200 g/mol. The molecule has 2 heterocycles. The molecule has 0 spiro atoms. The number of carbonyl (C=O) groups is 4. The van der Waals surface area contributed by atoms with E-state index in [0.717, 1.165) is 40.7 Å². The van der Waals surface area contributed by atoms with E-state index in [2.05, 4.69) is 25.0 Å². The fourth-order valence-corrected chi connectivity index (χ4v) is 10.4. The van der Waals surface area contributed by atoms with Crippen molar-refractivity contribution in [2.24, 2.45) is 10.2 Å². The van der Waals surface area contributed by atoms with E-state index in [1.807, 2.05) is 168 Å². The van der Waals surface area contributed by atoms with E-state index in [0.29, 0.717) is 11.4 Å². The Morgan fingerprint density at radius 1 is 0.562 bits per heavy atom. The van der Waals surface area contributed by atoms with Crippen LogP contribution in [0.4, 0.5) is 42.8 Å². The van der Waals surface area contributed by atoms with Crippen molar-refractivity contribution in [1.29, 1.82) is 0 Å². The predicted molar refractivity (Wildman–Crippen MR) is 337 cm³/mol. The van der Waals surface area contributed by atoms with Crippen LogP contribution in [0.2, 0.25) is 0 Å². The van der Waals surface area contributed by atoms with Gasteiger partial charge in [0.15, 0.2) is 11.5 Å². The first kappa shape index (κ1) is 68.7. The van der Waals surface area contributed by atoms with Crippen molar-refractivity contribution in [3.8, 4) is 32.4 Å². The standard InChI is InChI=1S/C16H10N2O3S3.C14H19NO2.C10H18O5.C9H7NS3.C9H11N.CH4/c19-9-21-14-7-12(5-6-13(14)20)18-17-11-3-1-10(2-4-11)15-8-16(22)24-23-15;1-5-6-11-7-9-12(10-8-11)15-13(16)17-14(2,3)4;1-9(2,3)14-7(11)13-8(12)15-10(4,5)6;10-7-3-1-6(2-4-7)8-5-9(11)13-12-8;1-2-3-8-4-6-9(10)7-5-8;/h1-9,20H;5-10H,1-4H3,(H,15,16);1-6H3;1-5H,10H2;2-7H,10H2,1H3;1H4/b;6-5+;;;3-2+;. The fourth-order valence-electron chi connectivity index (χ4n) is 5.61. The molecule has 426 valence electrons. The van der Waals surface area contributed by atoms with Crippen LogP contribution < -0.4 is 21.5 Å². The molecule has 6 N–H and O–H groups in total. The average Bonchev–Trinajstić information content (AvgIpc) is 4.01. The second-order valence-corrected chi connectivity index (χ2v) is 25.0. The number of nitrogens with two attached hydrogens (primary N) is 2. The first-order valence-corrected chi connectivity index (χ1v) is 29.1. The number of carbonyl (C=O) groups excluding carboxylic acids is 4. The number of hydrogen-bond donors (Lipinski definition) is 4. The highest BCUT2D eigenvalue weighted by molar-refractivity contribution is 7.80. The zero-order valence-corrected chi connectivity index (χ0v) is 50.5. The lowest BCUT2D eigenvalue weighted by Gasteiger charge is -2.20. The number of rotatable bonds is 9. The van der Waals surface area contributed by atoms with Gasteiger partial charge in [0.1, 0.15) is 24.5 Å². The number of allylic oxidation sites excluding steroid dienone is 2. The van der Waals surface area contributed by atoms with Gasteiger partial charge in [0.05, 0.1) is 11.4 Å². The van der Waals surface area contributed by atoms with E-state index >= 15 is 0 Å². The summed E-state index contributed by atoms with van der Waals surface area (Å²) < 4.78 is 25.4. The number of nitrogens with one attached hydrogen (secondary N) is 1. The molecule has 7 aromatic rings. The summed E-state index contributed by atoms with van der Waals surface area (Å²) in [6.45, 7) is 19.7. The van der Waals surface area contributed by atoms with Crippen molar-refractivity contribution in [3.63, 3.8) is 0 Å². The van der Waals surface area contributed by atoms with Crippen molar-refractivity contribution in [3.05, 3.63) is 158 Å². The van der Waals surface area contributed by atoms with Crippen molar-refractivity contribution in [2.45, 2.75) is 100 Å². The van der Waals surface area contributed by atoms with Crippen molar-refractivity contribution in [1.82, 2.24) is 0 Å². The second-order valence-electron chi connectivity index (χ2n) is 19.2. The predicted octanol–water partition coefficient (Wildman–Crippen LogP) is 19.5. The van der Waals surface area contributed by atoms with Crippen LogP contribution >= 0.6 is 65.8 Å². The molecule has 0 aliphatic carbocycles. The summed E-state index contributed by atoms with van der Waals surface area (Å²) in [6, 6.07) is 39.2. The minimum Gasteiger partial charge on any atom is -0.504 e. The van der Waals surface area contributed by atoms with Gasteiger partial charge < -0.3 is 40.3 Å². The van der Waals surface area contributed by atoms with Crippen LogP contribution in [0.5, 0.6) is 11.5 Å². The molecule has 1 amide bonds. The molecule has 15 nitrogen and oxygen atoms in total. The van der Waals surface area contributed by atoms with Gasteiger partial charge >= 0.3 is 18.4 Å². The second kappa shape index (κ2) is 33.9. The lowest BCUT2D eigenvalue weighted by Crippen LogP contribution is -2.29. The van der Waals surface area contributed by atoms with Gasteiger partial charge in [-0.15, -0.1) is 0 Å². The molecule has 0 bridgehead atoms. The number of aromatic hydroxyl groups is 1. The Hall–Kier alpha value is -7.40. The molecule has 0 aliphatic rings. The van der Waals surface area contributed by atoms with Crippen LogP contribution in [0.3, 0.4) is 0 Å². The highest BCUT2D eigenvalue weighted by Gasteiger charge is 2.24. The Balaban J connectivity index is 0.000000351. The maximum atomic E-state index is 11.5. The number of anilines is 3. The maximum Gasteiger partial charge on any atom is 0.519 e. The molecule has 0 radical (unpaired) electrons. The molecular formula is C59H69N5O10S6. The number of ether oxygens (including phenoxy) is 5. The minimum absolute atomic E-state index is 0. The Labute approximate surface area is 494 Å². The lowest BCUT2D eigenvalue weighted by molar-refractivity contribution is -0.120. The quantitative estimate of drug-likeness (QED) is 0.0154. The molecule has 7 rings (SSSR count). The van der Waals surface area contributed by atoms with E-state index < -0.39 is 35.2 Å². The summed E-state index contributed by atoms with van der Waals surface area (Å²) in [4.78, 5) is 46.2. The maximum absolute atomic E-state index is 11.5. The largest absolute Gasteiger partial charge is 0.519 e. The van der Waals surface area contributed by atoms with Gasteiger partial charge in [-0.05, 0) is 171 Å². The normalized spacial score (nSPS) is 10.9.